The van der Waals surface area contributed by atoms with Crippen molar-refractivity contribution in [3.8, 4) is 11.4 Å². The number of dihydropyridines is 1. The van der Waals surface area contributed by atoms with Crippen molar-refractivity contribution in [1.29, 1.82) is 0 Å². The van der Waals surface area contributed by atoms with Crippen molar-refractivity contribution >= 4 is 44.4 Å². The van der Waals surface area contributed by atoms with Gasteiger partial charge in [-0.1, -0.05) is 69.4 Å². The Bertz CT molecular complexity index is 1790. The average molecular weight is 536 g/mol. The largest absolute Gasteiger partial charge is 0.375 e. The molecule has 1 amide bonds. The number of para-hydroxylation sites is 1. The molecule has 6 nitrogen and oxygen atoms in total. The van der Waals surface area contributed by atoms with Gasteiger partial charge in [0.15, 0.2) is 0 Å². The molecular formula is C33H34FN5O. The zero-order chi connectivity index (χ0) is 27.8. The number of primary amides is 1. The van der Waals surface area contributed by atoms with Gasteiger partial charge in [0.25, 0.3) is 0 Å². The Morgan fingerprint density at radius 2 is 1.80 bits per heavy atom. The normalized spacial score (nSPS) is 17.7. The van der Waals surface area contributed by atoms with Crippen LogP contribution in [0.1, 0.15) is 46.0 Å². The lowest BCUT2D eigenvalue weighted by Gasteiger charge is -2.22. The van der Waals surface area contributed by atoms with Gasteiger partial charge in [0, 0.05) is 22.5 Å². The molecule has 7 rings (SSSR count). The topological polar surface area (TPSA) is 88.7 Å². The van der Waals surface area contributed by atoms with Gasteiger partial charge >= 0.3 is 0 Å². The van der Waals surface area contributed by atoms with Crippen LogP contribution >= 0.6 is 0 Å². The van der Waals surface area contributed by atoms with Crippen LogP contribution in [0, 0.1) is 11.7 Å². The van der Waals surface area contributed by atoms with Gasteiger partial charge < -0.3 is 20.6 Å². The average Bonchev–Trinajstić information content (AvgIpc) is 3.52. The first-order valence-corrected chi connectivity index (χ1v) is 14.0. The Morgan fingerprint density at radius 3 is 2.52 bits per heavy atom. The monoisotopic (exact) mass is 535 g/mol. The lowest BCUT2D eigenvalue weighted by atomic mass is 9.91. The summed E-state index contributed by atoms with van der Waals surface area (Å²) in [5, 5.41) is 5.23. The molecule has 1 unspecified atom stereocenters. The molecule has 1 aliphatic carbocycles. The van der Waals surface area contributed by atoms with E-state index in [9.17, 15) is 9.18 Å². The number of carbonyl (C=O) groups excluding carboxylic acids is 1. The predicted molar refractivity (Wildman–Crippen MR) is 161 cm³/mol. The molecule has 0 bridgehead atoms. The number of hydrogen-bond donors (Lipinski definition) is 3. The van der Waals surface area contributed by atoms with E-state index in [0.717, 1.165) is 44.6 Å². The number of imidazole rings is 1. The molecule has 2 aromatic heterocycles. The van der Waals surface area contributed by atoms with E-state index in [1.807, 2.05) is 43.5 Å². The number of benzene rings is 3. The lowest BCUT2D eigenvalue weighted by Crippen LogP contribution is -2.41. The number of hydrogen-bond acceptors (Lipinski definition) is 3. The summed E-state index contributed by atoms with van der Waals surface area (Å²) in [5.41, 5.74) is 11.6. The molecule has 3 aromatic carbocycles. The molecule has 0 radical (unpaired) electrons. The molecule has 7 heteroatoms. The Labute approximate surface area is 232 Å². The molecule has 0 saturated heterocycles. The van der Waals surface area contributed by atoms with Crippen LogP contribution in [0.2, 0.25) is 0 Å². The zero-order valence-corrected chi connectivity index (χ0v) is 22.9. The minimum absolute atomic E-state index is 0.305. The van der Waals surface area contributed by atoms with Crippen LogP contribution in [0.5, 0.6) is 0 Å². The van der Waals surface area contributed by atoms with Crippen LogP contribution in [0.15, 0.2) is 78.5 Å². The van der Waals surface area contributed by atoms with Crippen LogP contribution < -0.4 is 11.1 Å². The number of nitrogens with two attached hydrogens (primary N) is 1. The van der Waals surface area contributed by atoms with Crippen LogP contribution in [-0.4, -0.2) is 26.5 Å². The number of halogens is 1. The molecular weight excluding hydrogens is 501 g/mol. The summed E-state index contributed by atoms with van der Waals surface area (Å²) in [7, 11) is 0. The van der Waals surface area contributed by atoms with Crippen LogP contribution in [0.25, 0.3) is 49.9 Å². The fourth-order valence-electron chi connectivity index (χ4n) is 6.00. The van der Waals surface area contributed by atoms with Crippen molar-refractivity contribution in [2.45, 2.75) is 52.0 Å². The summed E-state index contributed by atoms with van der Waals surface area (Å²) < 4.78 is 15.9. The third-order valence-corrected chi connectivity index (χ3v) is 8.06. The van der Waals surface area contributed by atoms with Crippen molar-refractivity contribution in [2.24, 2.45) is 11.7 Å². The molecule has 1 aliphatic heterocycles. The fourth-order valence-corrected chi connectivity index (χ4v) is 6.00. The highest BCUT2D eigenvalue weighted by Gasteiger charge is 2.23. The first-order valence-electron chi connectivity index (χ1n) is 14.0. The Morgan fingerprint density at radius 1 is 1.02 bits per heavy atom. The van der Waals surface area contributed by atoms with E-state index in [4.69, 9.17) is 10.7 Å². The fraction of sp³-hybridized carbons (Fsp3) is 0.273. The maximum atomic E-state index is 13.7. The minimum Gasteiger partial charge on any atom is -0.375 e. The third kappa shape index (κ3) is 4.76. The van der Waals surface area contributed by atoms with E-state index >= 15 is 0 Å². The SMILES string of the molecule is CC1=CC(n2c3ccccc3c3c(-c4nc5ccc(F)cc5[nH]4)cccc32)=CNC1C(N)=O.CC1CCCCC1. The van der Waals surface area contributed by atoms with Gasteiger partial charge in [0.2, 0.25) is 5.91 Å². The summed E-state index contributed by atoms with van der Waals surface area (Å²) in [6.07, 6.45) is 11.2. The maximum absolute atomic E-state index is 13.7. The molecule has 3 heterocycles. The number of H-pyrrole nitrogens is 1. The van der Waals surface area contributed by atoms with E-state index in [0.29, 0.717) is 16.9 Å². The molecule has 5 aromatic rings. The smallest absolute Gasteiger partial charge is 0.244 e. The van der Waals surface area contributed by atoms with Crippen molar-refractivity contribution in [3.63, 3.8) is 0 Å². The number of allylic oxidation sites excluding steroid dienone is 2. The van der Waals surface area contributed by atoms with Crippen LogP contribution in [0.3, 0.4) is 0 Å². The molecule has 0 spiro atoms. The number of nitrogens with one attached hydrogen (secondary N) is 2. The number of amides is 1. The van der Waals surface area contributed by atoms with Crippen molar-refractivity contribution in [2.75, 3.05) is 0 Å². The highest BCUT2D eigenvalue weighted by Crippen LogP contribution is 2.38. The first kappa shape index (κ1) is 25.9. The summed E-state index contributed by atoms with van der Waals surface area (Å²) in [4.78, 5) is 19.7. The Kier molecular flexibility index (Phi) is 6.88. The van der Waals surface area contributed by atoms with Gasteiger partial charge in [-0.25, -0.2) is 9.37 Å². The lowest BCUT2D eigenvalue weighted by molar-refractivity contribution is -0.118. The summed E-state index contributed by atoms with van der Waals surface area (Å²) in [5.74, 6) is 1.000. The third-order valence-electron chi connectivity index (χ3n) is 8.06. The molecule has 1 fully saturated rings. The summed E-state index contributed by atoms with van der Waals surface area (Å²) in [6, 6.07) is 18.2. The standard InChI is InChI=1S/C26H20FN5O.C7H14/c1-14-11-16(13-29-24(14)25(28)33)32-21-7-3-2-5-17(21)23-18(6-4-8-22(23)32)26-30-19-10-9-15(27)12-20(19)31-26;1-7-5-3-2-4-6-7/h2-13,24,29H,1H3,(H2,28,33)(H,30,31);7H,2-6H2,1H3. The number of aromatic amines is 1. The molecule has 40 heavy (non-hydrogen) atoms. The van der Waals surface area contributed by atoms with Crippen molar-refractivity contribution in [1.82, 2.24) is 19.9 Å². The van der Waals surface area contributed by atoms with Gasteiger partial charge in [-0.3, -0.25) is 4.79 Å². The second-order valence-corrected chi connectivity index (χ2v) is 11.0. The number of aromatic nitrogens is 3. The summed E-state index contributed by atoms with van der Waals surface area (Å²) in [6.45, 7) is 4.25. The highest BCUT2D eigenvalue weighted by molar-refractivity contribution is 6.16. The number of fused-ring (bicyclic) bond motifs is 4. The first-order chi connectivity index (χ1) is 19.4. The van der Waals surface area contributed by atoms with Crippen molar-refractivity contribution < 1.29 is 9.18 Å². The van der Waals surface area contributed by atoms with Crippen LogP contribution in [0.4, 0.5) is 4.39 Å². The molecule has 204 valence electrons. The second kappa shape index (κ2) is 10.6. The number of carbonyl (C=O) groups is 1. The van der Waals surface area contributed by atoms with Crippen molar-refractivity contribution in [3.05, 3.63) is 84.3 Å². The number of nitrogens with zero attached hydrogens (tertiary/aromatic N) is 2. The quantitative estimate of drug-likeness (QED) is 0.227. The molecule has 1 saturated carbocycles. The van der Waals surface area contributed by atoms with Gasteiger partial charge in [-0.15, -0.1) is 0 Å². The number of rotatable bonds is 3. The maximum Gasteiger partial charge on any atom is 0.244 e. The minimum atomic E-state index is -0.520. The Balaban J connectivity index is 0.000000363. The molecule has 1 atom stereocenters. The van der Waals surface area contributed by atoms with Gasteiger partial charge in [0.05, 0.1) is 27.8 Å². The van der Waals surface area contributed by atoms with E-state index in [-0.39, 0.29) is 5.82 Å². The predicted octanol–water partition coefficient (Wildman–Crippen LogP) is 7.27. The van der Waals surface area contributed by atoms with E-state index < -0.39 is 11.9 Å². The van der Waals surface area contributed by atoms with Gasteiger partial charge in [0.1, 0.15) is 17.7 Å². The molecule has 4 N–H and O–H groups in total. The Hall–Kier alpha value is -4.39. The summed E-state index contributed by atoms with van der Waals surface area (Å²) >= 11 is 0. The highest BCUT2D eigenvalue weighted by atomic mass is 19.1. The van der Waals surface area contributed by atoms with E-state index in [2.05, 4.69) is 40.0 Å². The molecule has 2 aliphatic rings. The van der Waals surface area contributed by atoms with Gasteiger partial charge in [-0.05, 0) is 54.8 Å². The van der Waals surface area contributed by atoms with Crippen LogP contribution in [-0.2, 0) is 4.79 Å². The van der Waals surface area contributed by atoms with E-state index in [1.54, 1.807) is 6.07 Å². The zero-order valence-electron chi connectivity index (χ0n) is 22.9. The van der Waals surface area contributed by atoms with E-state index in [1.165, 1.54) is 44.2 Å². The second-order valence-electron chi connectivity index (χ2n) is 11.0. The van der Waals surface area contributed by atoms with Gasteiger partial charge in [-0.2, -0.15) is 0 Å².